The van der Waals surface area contributed by atoms with Gasteiger partial charge in [0.15, 0.2) is 0 Å². The summed E-state index contributed by atoms with van der Waals surface area (Å²) < 4.78 is 15.5. The van der Waals surface area contributed by atoms with Crippen LogP contribution >= 0.6 is 0 Å². The molecule has 1 heterocycles. The van der Waals surface area contributed by atoms with Crippen LogP contribution in [0.3, 0.4) is 0 Å². The number of hydrogen-bond acceptors (Lipinski definition) is 5. The zero-order valence-electron chi connectivity index (χ0n) is 14.2. The van der Waals surface area contributed by atoms with E-state index in [-0.39, 0.29) is 11.9 Å². The lowest BCUT2D eigenvalue weighted by atomic mass is 9.98. The first-order chi connectivity index (χ1) is 10.5. The van der Waals surface area contributed by atoms with Crippen LogP contribution in [-0.4, -0.2) is 31.9 Å². The number of esters is 2. The Balaban J connectivity index is 2.19. The fraction of sp³-hybridized carbons (Fsp3) is 0.765. The van der Waals surface area contributed by atoms with E-state index in [1.165, 1.54) is 7.11 Å². The van der Waals surface area contributed by atoms with Crippen LogP contribution in [0.1, 0.15) is 65.2 Å². The summed E-state index contributed by atoms with van der Waals surface area (Å²) in [6.45, 7) is 3.68. The van der Waals surface area contributed by atoms with E-state index < -0.39 is 5.79 Å². The van der Waals surface area contributed by atoms with Gasteiger partial charge in [-0.3, -0.25) is 4.79 Å². The van der Waals surface area contributed by atoms with E-state index in [1.54, 1.807) is 14.0 Å². The summed E-state index contributed by atoms with van der Waals surface area (Å²) in [5.41, 5.74) is 1.54. The number of carbonyl (C=O) groups excluding carboxylic acids is 2. The molecule has 1 atom stereocenters. The fourth-order valence-electron chi connectivity index (χ4n) is 2.71. The molecule has 1 rings (SSSR count). The maximum absolute atomic E-state index is 11.6. The number of methoxy groups -OCH3 is 2. The second-order valence-corrected chi connectivity index (χ2v) is 5.79. The highest BCUT2D eigenvalue weighted by atomic mass is 16.7. The van der Waals surface area contributed by atoms with Crippen molar-refractivity contribution >= 4 is 11.9 Å². The number of rotatable bonds is 10. The lowest BCUT2D eigenvalue weighted by molar-refractivity contribution is -0.195. The summed E-state index contributed by atoms with van der Waals surface area (Å²) in [4.78, 5) is 22.6. The Bertz CT molecular complexity index is 427. The van der Waals surface area contributed by atoms with E-state index in [4.69, 9.17) is 9.47 Å². The molecule has 0 saturated carbocycles. The van der Waals surface area contributed by atoms with E-state index in [0.29, 0.717) is 18.4 Å². The van der Waals surface area contributed by atoms with Crippen LogP contribution in [0.15, 0.2) is 11.1 Å². The van der Waals surface area contributed by atoms with E-state index >= 15 is 0 Å². The average Bonchev–Trinajstić information content (AvgIpc) is 2.74. The molecule has 0 aromatic heterocycles. The van der Waals surface area contributed by atoms with Crippen LogP contribution in [0.5, 0.6) is 0 Å². The Morgan fingerprint density at radius 3 is 2.14 bits per heavy atom. The normalized spacial score (nSPS) is 21.2. The largest absolute Gasteiger partial charge is 0.469 e. The van der Waals surface area contributed by atoms with Gasteiger partial charge >= 0.3 is 11.9 Å². The number of carbonyl (C=O) groups is 2. The first-order valence-electron chi connectivity index (χ1n) is 8.00. The maximum Gasteiger partial charge on any atom is 0.336 e. The van der Waals surface area contributed by atoms with E-state index in [0.717, 1.165) is 44.1 Å². The summed E-state index contributed by atoms with van der Waals surface area (Å²) in [6.07, 6.45) is 7.34. The van der Waals surface area contributed by atoms with E-state index in [1.807, 2.05) is 6.92 Å². The molecule has 0 saturated heterocycles. The molecular weight excluding hydrogens is 284 g/mol. The Morgan fingerprint density at radius 2 is 1.64 bits per heavy atom. The van der Waals surface area contributed by atoms with Crippen LogP contribution in [0, 0.1) is 0 Å². The minimum atomic E-state index is -0.855. The quantitative estimate of drug-likeness (QED) is 0.456. The molecule has 0 unspecified atom stereocenters. The third-order valence-corrected chi connectivity index (χ3v) is 4.39. The molecule has 0 aromatic rings. The molecule has 0 aliphatic carbocycles. The van der Waals surface area contributed by atoms with Gasteiger partial charge in [-0.1, -0.05) is 25.7 Å². The maximum atomic E-state index is 11.6. The minimum Gasteiger partial charge on any atom is -0.469 e. The second kappa shape index (κ2) is 8.93. The van der Waals surface area contributed by atoms with Crippen LogP contribution in [0.2, 0.25) is 0 Å². The SMILES string of the molecule is COC(=O)CCCCCCCC[C@]1(OC)OC(=O)C(C)=C1C. The third kappa shape index (κ3) is 4.83. The predicted octanol–water partition coefficient (Wildman–Crippen LogP) is 3.52. The molecule has 0 N–H and O–H groups in total. The first kappa shape index (κ1) is 18.7. The van der Waals surface area contributed by atoms with Crippen LogP contribution < -0.4 is 0 Å². The number of unbranched alkanes of at least 4 members (excludes halogenated alkanes) is 5. The lowest BCUT2D eigenvalue weighted by Crippen LogP contribution is -2.33. The van der Waals surface area contributed by atoms with Gasteiger partial charge in [-0.15, -0.1) is 0 Å². The predicted molar refractivity (Wildman–Crippen MR) is 83.2 cm³/mol. The summed E-state index contributed by atoms with van der Waals surface area (Å²) >= 11 is 0. The summed E-state index contributed by atoms with van der Waals surface area (Å²) in [5, 5.41) is 0. The Kier molecular flexibility index (Phi) is 7.59. The molecule has 126 valence electrons. The van der Waals surface area contributed by atoms with Crippen molar-refractivity contribution in [2.75, 3.05) is 14.2 Å². The minimum absolute atomic E-state index is 0.136. The molecule has 0 spiro atoms. The molecule has 0 radical (unpaired) electrons. The van der Waals surface area contributed by atoms with Crippen molar-refractivity contribution in [3.63, 3.8) is 0 Å². The molecule has 1 aliphatic heterocycles. The van der Waals surface area contributed by atoms with E-state index in [2.05, 4.69) is 4.74 Å². The first-order valence-corrected chi connectivity index (χ1v) is 8.00. The topological polar surface area (TPSA) is 61.8 Å². The van der Waals surface area contributed by atoms with Gasteiger partial charge in [0, 0.05) is 31.1 Å². The number of ether oxygens (including phenoxy) is 3. The number of hydrogen-bond donors (Lipinski definition) is 0. The van der Waals surface area contributed by atoms with Crippen LogP contribution in [0.4, 0.5) is 0 Å². The summed E-state index contributed by atoms with van der Waals surface area (Å²) in [5.74, 6) is -1.27. The highest BCUT2D eigenvalue weighted by Gasteiger charge is 2.43. The van der Waals surface area contributed by atoms with Gasteiger partial charge in [0.2, 0.25) is 5.79 Å². The van der Waals surface area contributed by atoms with Gasteiger partial charge in [-0.05, 0) is 26.7 Å². The van der Waals surface area contributed by atoms with Crippen molar-refractivity contribution in [1.82, 2.24) is 0 Å². The van der Waals surface area contributed by atoms with Crippen molar-refractivity contribution in [2.45, 2.75) is 71.0 Å². The molecule has 1 aliphatic rings. The van der Waals surface area contributed by atoms with Crippen molar-refractivity contribution in [3.8, 4) is 0 Å². The van der Waals surface area contributed by atoms with Crippen molar-refractivity contribution in [2.24, 2.45) is 0 Å². The zero-order chi connectivity index (χ0) is 16.6. The smallest absolute Gasteiger partial charge is 0.336 e. The van der Waals surface area contributed by atoms with Gasteiger partial charge in [-0.2, -0.15) is 0 Å². The second-order valence-electron chi connectivity index (χ2n) is 5.79. The molecule has 0 aromatic carbocycles. The Hall–Kier alpha value is -1.36. The molecule has 5 nitrogen and oxygen atoms in total. The summed E-state index contributed by atoms with van der Waals surface area (Å²) in [6, 6.07) is 0. The standard InChI is InChI=1S/C17H28O5/c1-13-14(2)17(21-4,22-16(13)19)12-10-8-6-5-7-9-11-15(18)20-3/h5-12H2,1-4H3/t17-/m0/s1. The Morgan fingerprint density at radius 1 is 1.05 bits per heavy atom. The Labute approximate surface area is 133 Å². The van der Waals surface area contributed by atoms with Gasteiger partial charge in [0.05, 0.1) is 7.11 Å². The van der Waals surface area contributed by atoms with Gasteiger partial charge < -0.3 is 14.2 Å². The lowest BCUT2D eigenvalue weighted by Gasteiger charge is -2.28. The summed E-state index contributed by atoms with van der Waals surface area (Å²) in [7, 11) is 3.00. The highest BCUT2D eigenvalue weighted by molar-refractivity contribution is 5.92. The fourth-order valence-corrected chi connectivity index (χ4v) is 2.71. The van der Waals surface area contributed by atoms with E-state index in [9.17, 15) is 9.59 Å². The van der Waals surface area contributed by atoms with Crippen molar-refractivity contribution in [3.05, 3.63) is 11.1 Å². The molecule has 0 bridgehead atoms. The zero-order valence-corrected chi connectivity index (χ0v) is 14.2. The van der Waals surface area contributed by atoms with Crippen LogP contribution in [0.25, 0.3) is 0 Å². The molecule has 22 heavy (non-hydrogen) atoms. The molecular formula is C17H28O5. The average molecular weight is 312 g/mol. The van der Waals surface area contributed by atoms with Crippen LogP contribution in [-0.2, 0) is 23.8 Å². The third-order valence-electron chi connectivity index (χ3n) is 4.39. The van der Waals surface area contributed by atoms with Crippen molar-refractivity contribution < 1.29 is 23.8 Å². The van der Waals surface area contributed by atoms with Gasteiger partial charge in [0.25, 0.3) is 0 Å². The highest BCUT2D eigenvalue weighted by Crippen LogP contribution is 2.37. The number of cyclic esters (lactones) is 1. The molecule has 5 heteroatoms. The van der Waals surface area contributed by atoms with Gasteiger partial charge in [0.1, 0.15) is 0 Å². The van der Waals surface area contributed by atoms with Gasteiger partial charge in [-0.25, -0.2) is 4.79 Å². The van der Waals surface area contributed by atoms with Crippen molar-refractivity contribution in [1.29, 1.82) is 0 Å². The molecule has 0 fully saturated rings. The monoisotopic (exact) mass is 312 g/mol. The molecule has 0 amide bonds.